The van der Waals surface area contributed by atoms with Crippen molar-refractivity contribution in [3.8, 4) is 0 Å². The molecule has 0 spiro atoms. The first-order valence-corrected chi connectivity index (χ1v) is 8.30. The number of aliphatic hydroxyl groups is 1. The summed E-state index contributed by atoms with van der Waals surface area (Å²) in [5.74, 6) is 0.0925. The molecule has 1 heterocycles. The van der Waals surface area contributed by atoms with Gasteiger partial charge in [-0.2, -0.15) is 0 Å². The fourth-order valence-corrected chi connectivity index (χ4v) is 3.25. The minimum Gasteiger partial charge on any atom is -0.466 e. The van der Waals surface area contributed by atoms with Crippen molar-refractivity contribution in [3.63, 3.8) is 0 Å². The molecule has 0 saturated carbocycles. The van der Waals surface area contributed by atoms with E-state index in [2.05, 4.69) is 4.72 Å². The minimum atomic E-state index is -3.59. The van der Waals surface area contributed by atoms with Crippen LogP contribution in [0.5, 0.6) is 0 Å². The number of halogens is 1. The molecule has 0 aliphatic heterocycles. The first-order chi connectivity index (χ1) is 9.78. The third-order valence-electron chi connectivity index (χ3n) is 2.93. The highest BCUT2D eigenvalue weighted by Crippen LogP contribution is 2.20. The van der Waals surface area contributed by atoms with Gasteiger partial charge in [0.25, 0.3) is 0 Å². The van der Waals surface area contributed by atoms with Gasteiger partial charge in [0, 0.05) is 11.6 Å². The molecule has 1 atom stereocenters. The van der Waals surface area contributed by atoms with Crippen molar-refractivity contribution in [2.45, 2.75) is 18.3 Å². The highest BCUT2D eigenvalue weighted by atomic mass is 35.5. The summed E-state index contributed by atoms with van der Waals surface area (Å²) >= 11 is 5.82. The molecule has 0 amide bonds. The molecule has 2 rings (SSSR count). The number of furan rings is 1. The van der Waals surface area contributed by atoms with E-state index in [0.717, 1.165) is 0 Å². The van der Waals surface area contributed by atoms with Crippen molar-refractivity contribution in [3.05, 3.63) is 59.0 Å². The molecule has 1 aromatic carbocycles. The van der Waals surface area contributed by atoms with Crippen LogP contribution >= 0.6 is 11.6 Å². The molecule has 0 saturated heterocycles. The molecular formula is C14H16ClNO4S. The molecule has 0 aliphatic carbocycles. The summed E-state index contributed by atoms with van der Waals surface area (Å²) in [4.78, 5) is 0. The molecule has 0 fully saturated rings. The molecule has 21 heavy (non-hydrogen) atoms. The Hall–Kier alpha value is -1.34. The van der Waals surface area contributed by atoms with E-state index < -0.39 is 15.6 Å². The third-order valence-corrected chi connectivity index (χ3v) is 4.47. The monoisotopic (exact) mass is 329 g/mol. The summed E-state index contributed by atoms with van der Waals surface area (Å²) in [5.41, 5.74) is -0.835. The standard InChI is InChI=1S/C14H16ClNO4S/c1-14(17,13-6-3-7-20-13)10-16-21(18,19)9-11-4-2-5-12(15)8-11/h2-8,16-17H,9-10H2,1H3. The molecule has 0 bridgehead atoms. The third kappa shape index (κ3) is 4.57. The van der Waals surface area contributed by atoms with Gasteiger partial charge in [0.1, 0.15) is 11.4 Å². The number of rotatable bonds is 6. The van der Waals surface area contributed by atoms with Crippen LogP contribution in [0.3, 0.4) is 0 Å². The van der Waals surface area contributed by atoms with Gasteiger partial charge < -0.3 is 9.52 Å². The van der Waals surface area contributed by atoms with Crippen LogP contribution in [0.15, 0.2) is 47.1 Å². The molecule has 1 aromatic heterocycles. The minimum absolute atomic E-state index is 0.177. The van der Waals surface area contributed by atoms with E-state index in [-0.39, 0.29) is 12.3 Å². The highest BCUT2D eigenvalue weighted by molar-refractivity contribution is 7.88. The van der Waals surface area contributed by atoms with E-state index in [9.17, 15) is 13.5 Å². The number of benzene rings is 1. The zero-order valence-electron chi connectivity index (χ0n) is 11.4. The maximum Gasteiger partial charge on any atom is 0.215 e. The van der Waals surface area contributed by atoms with Crippen LogP contribution in [-0.2, 0) is 21.4 Å². The zero-order valence-corrected chi connectivity index (χ0v) is 13.0. The molecule has 0 radical (unpaired) electrons. The van der Waals surface area contributed by atoms with Gasteiger partial charge in [-0.3, -0.25) is 0 Å². The van der Waals surface area contributed by atoms with E-state index in [1.807, 2.05) is 0 Å². The topological polar surface area (TPSA) is 79.5 Å². The lowest BCUT2D eigenvalue weighted by Gasteiger charge is -2.21. The van der Waals surface area contributed by atoms with E-state index in [1.54, 1.807) is 36.4 Å². The Morgan fingerprint density at radius 2 is 2.10 bits per heavy atom. The second-order valence-electron chi connectivity index (χ2n) is 4.96. The van der Waals surface area contributed by atoms with Crippen LogP contribution in [-0.4, -0.2) is 20.1 Å². The molecular weight excluding hydrogens is 314 g/mol. The molecule has 1 unspecified atom stereocenters. The summed E-state index contributed by atoms with van der Waals surface area (Å²) in [6.45, 7) is 1.30. The predicted molar refractivity (Wildman–Crippen MR) is 80.4 cm³/mol. The van der Waals surface area contributed by atoms with Crippen LogP contribution in [0, 0.1) is 0 Å². The Balaban J connectivity index is 2.02. The van der Waals surface area contributed by atoms with Crippen LogP contribution in [0.4, 0.5) is 0 Å². The number of hydrogen-bond donors (Lipinski definition) is 2. The van der Waals surface area contributed by atoms with Gasteiger partial charge in [0.05, 0.1) is 12.0 Å². The summed E-state index contributed by atoms with van der Waals surface area (Å²) in [7, 11) is -3.59. The van der Waals surface area contributed by atoms with Crippen molar-refractivity contribution < 1.29 is 17.9 Å². The summed E-state index contributed by atoms with van der Waals surface area (Å²) in [6.07, 6.45) is 1.42. The van der Waals surface area contributed by atoms with Crippen molar-refractivity contribution >= 4 is 21.6 Å². The summed E-state index contributed by atoms with van der Waals surface area (Å²) in [6, 6.07) is 9.84. The second-order valence-corrected chi connectivity index (χ2v) is 7.20. The largest absolute Gasteiger partial charge is 0.466 e. The quantitative estimate of drug-likeness (QED) is 0.852. The molecule has 0 aliphatic rings. The fraction of sp³-hybridized carbons (Fsp3) is 0.286. The second kappa shape index (κ2) is 6.19. The molecule has 2 N–H and O–H groups in total. The molecule has 7 heteroatoms. The Morgan fingerprint density at radius 3 is 2.71 bits per heavy atom. The first kappa shape index (κ1) is 16.0. The van der Waals surface area contributed by atoms with Gasteiger partial charge in [-0.05, 0) is 36.8 Å². The zero-order chi connectivity index (χ0) is 15.5. The van der Waals surface area contributed by atoms with Crippen molar-refractivity contribution in [2.24, 2.45) is 0 Å². The maximum absolute atomic E-state index is 12.0. The van der Waals surface area contributed by atoms with Gasteiger partial charge in [-0.1, -0.05) is 23.7 Å². The smallest absolute Gasteiger partial charge is 0.215 e. The Labute approximate surface area is 128 Å². The number of hydrogen-bond acceptors (Lipinski definition) is 4. The van der Waals surface area contributed by atoms with Crippen LogP contribution in [0.1, 0.15) is 18.2 Å². The lowest BCUT2D eigenvalue weighted by atomic mass is 10.1. The van der Waals surface area contributed by atoms with E-state index in [0.29, 0.717) is 16.3 Å². The van der Waals surface area contributed by atoms with Gasteiger partial charge in [-0.25, -0.2) is 13.1 Å². The lowest BCUT2D eigenvalue weighted by molar-refractivity contribution is 0.0395. The average molecular weight is 330 g/mol. The summed E-state index contributed by atoms with van der Waals surface area (Å²) in [5, 5.41) is 10.7. The number of nitrogens with one attached hydrogen (secondary N) is 1. The van der Waals surface area contributed by atoms with Gasteiger partial charge >= 0.3 is 0 Å². The van der Waals surface area contributed by atoms with Crippen molar-refractivity contribution in [2.75, 3.05) is 6.54 Å². The molecule has 5 nitrogen and oxygen atoms in total. The van der Waals surface area contributed by atoms with Gasteiger partial charge in [-0.15, -0.1) is 0 Å². The molecule has 2 aromatic rings. The normalized spacial score (nSPS) is 14.8. The van der Waals surface area contributed by atoms with Crippen LogP contribution in [0.25, 0.3) is 0 Å². The number of sulfonamides is 1. The highest BCUT2D eigenvalue weighted by Gasteiger charge is 2.28. The predicted octanol–water partition coefficient (Wildman–Crippen LogP) is 2.26. The van der Waals surface area contributed by atoms with E-state index >= 15 is 0 Å². The molecule has 114 valence electrons. The Morgan fingerprint density at radius 1 is 1.33 bits per heavy atom. The SMILES string of the molecule is CC(O)(CNS(=O)(=O)Cc1cccc(Cl)c1)c1ccco1. The fourth-order valence-electron chi connectivity index (χ4n) is 1.82. The summed E-state index contributed by atoms with van der Waals surface area (Å²) < 4.78 is 31.5. The van der Waals surface area contributed by atoms with E-state index in [4.69, 9.17) is 16.0 Å². The van der Waals surface area contributed by atoms with Crippen LogP contribution in [0.2, 0.25) is 5.02 Å². The Bertz CT molecular complexity index is 696. The van der Waals surface area contributed by atoms with Gasteiger partial charge in [0.15, 0.2) is 0 Å². The maximum atomic E-state index is 12.0. The lowest BCUT2D eigenvalue weighted by Crippen LogP contribution is -2.38. The van der Waals surface area contributed by atoms with Crippen LogP contribution < -0.4 is 4.72 Å². The van der Waals surface area contributed by atoms with Crippen molar-refractivity contribution in [1.82, 2.24) is 4.72 Å². The first-order valence-electron chi connectivity index (χ1n) is 6.27. The van der Waals surface area contributed by atoms with Gasteiger partial charge in [0.2, 0.25) is 10.0 Å². The van der Waals surface area contributed by atoms with E-state index in [1.165, 1.54) is 13.2 Å². The Kier molecular flexibility index (Phi) is 4.73. The van der Waals surface area contributed by atoms with Crippen molar-refractivity contribution in [1.29, 1.82) is 0 Å². The average Bonchev–Trinajstić information content (AvgIpc) is 2.91.